The zero-order valence-electron chi connectivity index (χ0n) is 36.4. The van der Waals surface area contributed by atoms with Crippen molar-refractivity contribution in [2.24, 2.45) is 17.6 Å². The second kappa shape index (κ2) is 24.7. The van der Waals surface area contributed by atoms with Crippen molar-refractivity contribution < 1.29 is 58.5 Å². The van der Waals surface area contributed by atoms with Crippen LogP contribution in [0.5, 0.6) is 0 Å². The summed E-state index contributed by atoms with van der Waals surface area (Å²) in [6.07, 6.45) is 2.91. The number of hydrogen-bond acceptors (Lipinski definition) is 11. The normalized spacial score (nSPS) is 15.0. The van der Waals surface area contributed by atoms with Gasteiger partial charge in [-0.25, -0.2) is 4.98 Å². The van der Waals surface area contributed by atoms with Gasteiger partial charge in [-0.05, 0) is 56.1 Å². The lowest BCUT2D eigenvalue weighted by Gasteiger charge is -2.30. The van der Waals surface area contributed by atoms with E-state index in [-0.39, 0.29) is 25.2 Å². The van der Waals surface area contributed by atoms with Crippen LogP contribution in [0.15, 0.2) is 43.0 Å². The van der Waals surface area contributed by atoms with E-state index < -0.39 is 127 Å². The number of amides is 6. The fraction of sp³-hybridized carbons (Fsp3) is 0.524. The monoisotopic (exact) mass is 896 g/mol. The molecule has 3 aromatic rings. The molecule has 0 bridgehead atoms. The zero-order valence-corrected chi connectivity index (χ0v) is 36.4. The lowest BCUT2D eigenvalue weighted by molar-refractivity contribution is -0.142. The molecule has 64 heavy (non-hydrogen) atoms. The molecule has 6 amide bonds. The minimum absolute atomic E-state index is 0.00948. The van der Waals surface area contributed by atoms with Crippen LogP contribution in [0, 0.1) is 11.8 Å². The van der Waals surface area contributed by atoms with Crippen molar-refractivity contribution in [1.82, 2.24) is 46.9 Å². The number of H-pyrrole nitrogens is 2. The summed E-state index contributed by atoms with van der Waals surface area (Å²) in [5.74, 6) is -10.00. The van der Waals surface area contributed by atoms with Crippen LogP contribution in [0.3, 0.4) is 0 Å². The summed E-state index contributed by atoms with van der Waals surface area (Å²) < 4.78 is 0. The van der Waals surface area contributed by atoms with Crippen LogP contribution in [-0.4, -0.2) is 126 Å². The molecule has 0 saturated heterocycles. The number of nitrogens with zero attached hydrogens (tertiary/aromatic N) is 1. The Balaban J connectivity index is 1.83. The lowest BCUT2D eigenvalue weighted by Crippen LogP contribution is -2.61. The molecular formula is C42H60N10O12. The first-order chi connectivity index (χ1) is 30.2. The second-order valence-corrected chi connectivity index (χ2v) is 16.1. The van der Waals surface area contributed by atoms with Crippen molar-refractivity contribution in [2.45, 2.75) is 128 Å². The van der Waals surface area contributed by atoms with Gasteiger partial charge in [0.1, 0.15) is 36.3 Å². The van der Waals surface area contributed by atoms with Gasteiger partial charge in [-0.15, -0.1) is 0 Å². The van der Waals surface area contributed by atoms with Crippen molar-refractivity contribution in [3.05, 3.63) is 54.2 Å². The number of imidazole rings is 1. The minimum Gasteiger partial charge on any atom is -0.481 e. The highest BCUT2D eigenvalue weighted by atomic mass is 16.4. The Morgan fingerprint density at radius 1 is 0.672 bits per heavy atom. The van der Waals surface area contributed by atoms with Gasteiger partial charge in [0, 0.05) is 48.3 Å². The van der Waals surface area contributed by atoms with Crippen LogP contribution in [0.4, 0.5) is 0 Å². The third kappa shape index (κ3) is 16.1. The van der Waals surface area contributed by atoms with Crippen LogP contribution < -0.4 is 37.6 Å². The number of aliphatic carboxylic acids is 3. The highest BCUT2D eigenvalue weighted by Crippen LogP contribution is 2.19. The van der Waals surface area contributed by atoms with Crippen LogP contribution in [0.2, 0.25) is 0 Å². The predicted molar refractivity (Wildman–Crippen MR) is 230 cm³/mol. The topological polar surface area (TPSA) is 357 Å². The third-order valence-corrected chi connectivity index (χ3v) is 10.5. The van der Waals surface area contributed by atoms with Gasteiger partial charge >= 0.3 is 17.9 Å². The number of fused-ring (bicyclic) bond motifs is 1. The quantitative estimate of drug-likeness (QED) is 0.0473. The molecule has 22 heteroatoms. The number of para-hydroxylation sites is 1. The first-order valence-corrected chi connectivity index (χ1v) is 21.0. The van der Waals surface area contributed by atoms with Crippen LogP contribution in [0.1, 0.15) is 84.4 Å². The van der Waals surface area contributed by atoms with Crippen molar-refractivity contribution in [2.75, 3.05) is 0 Å². The Kier molecular flexibility index (Phi) is 19.9. The predicted octanol–water partition coefficient (Wildman–Crippen LogP) is -0.161. The number of hydrogen-bond donors (Lipinski definition) is 12. The van der Waals surface area contributed by atoms with Crippen LogP contribution in [0.25, 0.3) is 10.9 Å². The highest BCUT2D eigenvalue weighted by molar-refractivity contribution is 5.97. The smallest absolute Gasteiger partial charge is 0.325 e. The highest BCUT2D eigenvalue weighted by Gasteiger charge is 2.35. The molecule has 0 aliphatic carbocycles. The molecule has 0 saturated carbocycles. The molecule has 0 unspecified atom stereocenters. The first kappa shape index (κ1) is 51.5. The number of carbonyl (C=O) groups is 9. The third-order valence-electron chi connectivity index (χ3n) is 10.5. The van der Waals surface area contributed by atoms with Gasteiger partial charge in [0.15, 0.2) is 0 Å². The Hall–Kier alpha value is -6.84. The molecule has 13 N–H and O–H groups in total. The molecule has 0 aliphatic heterocycles. The molecular weight excluding hydrogens is 837 g/mol. The van der Waals surface area contributed by atoms with Crippen LogP contribution in [-0.2, 0) is 56.0 Å². The molecule has 1 aromatic carbocycles. The van der Waals surface area contributed by atoms with Gasteiger partial charge in [0.25, 0.3) is 0 Å². The average molecular weight is 897 g/mol. The SMILES string of the molecule is CC[C@H](C)[C@H](NC(=O)[C@H](Cc1cnc[nH]1)NC(=O)[C@@H](N)Cc1c[nH]c2ccccc12)C(=O)N[C@@H](CC(C)C)C(=O)N[C@@H](CCC(=O)O)C(=O)N[C@@H](CCC(=O)O)C(=O)N[C@@H](C)C(=O)O. The fourth-order valence-corrected chi connectivity index (χ4v) is 6.65. The van der Waals surface area contributed by atoms with Gasteiger partial charge in [-0.3, -0.25) is 43.2 Å². The number of benzene rings is 1. The maximum atomic E-state index is 14.1. The Labute approximate surface area is 369 Å². The first-order valence-electron chi connectivity index (χ1n) is 21.0. The van der Waals surface area contributed by atoms with Gasteiger partial charge in [-0.2, -0.15) is 0 Å². The second-order valence-electron chi connectivity index (χ2n) is 16.1. The summed E-state index contributed by atoms with van der Waals surface area (Å²) >= 11 is 0. The molecule has 350 valence electrons. The number of aromatic amines is 2. The van der Waals surface area contributed by atoms with Gasteiger partial charge in [0.05, 0.1) is 12.4 Å². The van der Waals surface area contributed by atoms with E-state index in [4.69, 9.17) is 5.73 Å². The van der Waals surface area contributed by atoms with E-state index in [0.717, 1.165) is 23.4 Å². The molecule has 0 fully saturated rings. The molecule has 3 rings (SSSR count). The van der Waals surface area contributed by atoms with Crippen molar-refractivity contribution >= 4 is 64.3 Å². The molecule has 8 atom stereocenters. The fourth-order valence-electron chi connectivity index (χ4n) is 6.65. The molecule has 2 heterocycles. The molecule has 0 aliphatic rings. The number of carbonyl (C=O) groups excluding carboxylic acids is 6. The summed E-state index contributed by atoms with van der Waals surface area (Å²) in [7, 11) is 0. The number of carboxylic acid groups (broad SMARTS) is 3. The largest absolute Gasteiger partial charge is 0.481 e. The number of aromatic nitrogens is 3. The van der Waals surface area contributed by atoms with Gasteiger partial charge < -0.3 is 62.9 Å². The Morgan fingerprint density at radius 2 is 1.22 bits per heavy atom. The molecule has 0 radical (unpaired) electrons. The van der Waals surface area contributed by atoms with E-state index in [2.05, 4.69) is 46.9 Å². The van der Waals surface area contributed by atoms with Crippen molar-refractivity contribution in [3.63, 3.8) is 0 Å². The maximum Gasteiger partial charge on any atom is 0.325 e. The standard InChI is InChI=1S/C42H60N10O12/c1-6-22(4)35(52-40(61)32(17-25-19-44-20-46-25)50-36(57)27(43)16-24-18-45-28-10-8-7-9-26(24)28)41(62)51-31(15-21(2)3)39(60)49-30(12-14-34(55)56)38(59)48-29(11-13-33(53)54)37(58)47-23(5)42(63)64/h7-10,18-23,27,29-32,35,45H,6,11-17,43H2,1-5H3,(H,44,46)(H,47,58)(H,48,59)(H,49,60)(H,50,57)(H,51,62)(H,52,61)(H,53,54)(H,55,56)(H,63,64)/t22-,23-,27-,29-,30-,31-,32-,35-/m0/s1. The van der Waals surface area contributed by atoms with E-state index in [1.165, 1.54) is 12.5 Å². The summed E-state index contributed by atoms with van der Waals surface area (Å²) in [6.45, 7) is 8.13. The maximum absolute atomic E-state index is 14.1. The minimum atomic E-state index is -1.62. The average Bonchev–Trinajstić information content (AvgIpc) is 3.91. The van der Waals surface area contributed by atoms with E-state index in [0.29, 0.717) is 12.1 Å². The van der Waals surface area contributed by atoms with Gasteiger partial charge in [-0.1, -0.05) is 52.3 Å². The molecule has 22 nitrogen and oxygen atoms in total. The van der Waals surface area contributed by atoms with Crippen molar-refractivity contribution in [3.8, 4) is 0 Å². The van der Waals surface area contributed by atoms with Crippen LogP contribution >= 0.6 is 0 Å². The lowest BCUT2D eigenvalue weighted by atomic mass is 9.96. The van der Waals surface area contributed by atoms with Crippen molar-refractivity contribution in [1.29, 1.82) is 0 Å². The summed E-state index contributed by atoms with van der Waals surface area (Å²) in [5, 5.41) is 43.7. The summed E-state index contributed by atoms with van der Waals surface area (Å²) in [4.78, 5) is 126. The Bertz CT molecular complexity index is 2110. The van der Waals surface area contributed by atoms with E-state index in [9.17, 15) is 58.5 Å². The zero-order chi connectivity index (χ0) is 47.7. The van der Waals surface area contributed by atoms with E-state index >= 15 is 0 Å². The number of nitrogens with one attached hydrogen (secondary N) is 8. The van der Waals surface area contributed by atoms with E-state index in [1.54, 1.807) is 33.9 Å². The van der Waals surface area contributed by atoms with Gasteiger partial charge in [0.2, 0.25) is 35.4 Å². The number of nitrogens with two attached hydrogens (primary N) is 1. The molecule has 0 spiro atoms. The Morgan fingerprint density at radius 3 is 1.77 bits per heavy atom. The molecule has 2 aromatic heterocycles. The summed E-state index contributed by atoms with van der Waals surface area (Å²) in [5.41, 5.74) is 8.50. The summed E-state index contributed by atoms with van der Waals surface area (Å²) in [6, 6.07) is -2.01. The number of carboxylic acids is 3. The van der Waals surface area contributed by atoms with E-state index in [1.807, 2.05) is 24.3 Å². The number of rotatable bonds is 27.